The molecule has 1 heterocycles. The van der Waals surface area contributed by atoms with E-state index in [9.17, 15) is 0 Å². The summed E-state index contributed by atoms with van der Waals surface area (Å²) in [6, 6.07) is 0. The predicted molar refractivity (Wildman–Crippen MR) is 55.7 cm³/mol. The van der Waals surface area contributed by atoms with Crippen LogP contribution in [0.25, 0.3) is 0 Å². The largest absolute Gasteiger partial charge is 0.383 e. The van der Waals surface area contributed by atoms with Gasteiger partial charge in [-0.25, -0.2) is 9.97 Å². The van der Waals surface area contributed by atoms with Gasteiger partial charge in [0.25, 0.3) is 0 Å². The topological polar surface area (TPSA) is 77.8 Å². The van der Waals surface area contributed by atoms with Gasteiger partial charge >= 0.3 is 0 Å². The van der Waals surface area contributed by atoms with E-state index in [0.717, 1.165) is 37.1 Å². The van der Waals surface area contributed by atoms with Gasteiger partial charge in [-0.15, -0.1) is 0 Å². The molecule has 0 aromatic carbocycles. The first-order valence-electron chi connectivity index (χ1n) is 4.96. The Bertz CT molecular complexity index is 344. The van der Waals surface area contributed by atoms with Crippen molar-refractivity contribution in [3.63, 3.8) is 0 Å². The summed E-state index contributed by atoms with van der Waals surface area (Å²) in [6.07, 6.45) is 5.97. The third-order valence-corrected chi connectivity index (χ3v) is 2.80. The molecule has 1 fully saturated rings. The van der Waals surface area contributed by atoms with Gasteiger partial charge in [-0.3, -0.25) is 0 Å². The zero-order valence-electron chi connectivity index (χ0n) is 8.45. The number of aromatic nitrogens is 2. The van der Waals surface area contributed by atoms with E-state index in [1.165, 1.54) is 0 Å². The summed E-state index contributed by atoms with van der Waals surface area (Å²) in [6.45, 7) is 1.84. The molecule has 4 nitrogen and oxygen atoms in total. The van der Waals surface area contributed by atoms with Gasteiger partial charge in [0.15, 0.2) is 0 Å². The molecule has 1 aliphatic carbocycles. The SMILES string of the molecule is Cc1ncc(CCC2(N)CC2)c(N)n1. The molecule has 0 spiro atoms. The van der Waals surface area contributed by atoms with Crippen molar-refractivity contribution in [2.24, 2.45) is 5.73 Å². The first kappa shape index (κ1) is 9.40. The molecule has 1 aromatic rings. The summed E-state index contributed by atoms with van der Waals surface area (Å²) in [5, 5.41) is 0. The molecule has 0 radical (unpaired) electrons. The third-order valence-electron chi connectivity index (χ3n) is 2.80. The second-order valence-corrected chi connectivity index (χ2v) is 4.19. The monoisotopic (exact) mass is 192 g/mol. The minimum absolute atomic E-state index is 0.0807. The Morgan fingerprint density at radius 1 is 1.50 bits per heavy atom. The predicted octanol–water partition coefficient (Wildman–Crippen LogP) is 0.791. The van der Waals surface area contributed by atoms with Gasteiger partial charge in [0.2, 0.25) is 0 Å². The lowest BCUT2D eigenvalue weighted by Crippen LogP contribution is -2.22. The van der Waals surface area contributed by atoms with Crippen molar-refractivity contribution < 1.29 is 0 Å². The number of hydrogen-bond donors (Lipinski definition) is 2. The second kappa shape index (κ2) is 3.20. The maximum atomic E-state index is 5.99. The molecule has 4 heteroatoms. The summed E-state index contributed by atoms with van der Waals surface area (Å²) in [5.41, 5.74) is 12.9. The molecular weight excluding hydrogens is 176 g/mol. The van der Waals surface area contributed by atoms with Crippen LogP contribution in [0.4, 0.5) is 5.82 Å². The van der Waals surface area contributed by atoms with E-state index >= 15 is 0 Å². The lowest BCUT2D eigenvalue weighted by molar-refractivity contribution is 0.608. The van der Waals surface area contributed by atoms with Crippen LogP contribution in [-0.2, 0) is 6.42 Å². The number of rotatable bonds is 3. The zero-order valence-corrected chi connectivity index (χ0v) is 8.45. The van der Waals surface area contributed by atoms with E-state index in [0.29, 0.717) is 5.82 Å². The molecule has 76 valence electrons. The van der Waals surface area contributed by atoms with Crippen LogP contribution in [0.15, 0.2) is 6.20 Å². The smallest absolute Gasteiger partial charge is 0.130 e. The van der Waals surface area contributed by atoms with Crippen LogP contribution in [0.1, 0.15) is 30.7 Å². The molecular formula is C10H16N4. The van der Waals surface area contributed by atoms with E-state index in [2.05, 4.69) is 9.97 Å². The fourth-order valence-electron chi connectivity index (χ4n) is 1.50. The number of nitrogen functional groups attached to an aromatic ring is 1. The van der Waals surface area contributed by atoms with E-state index < -0.39 is 0 Å². The van der Waals surface area contributed by atoms with Gasteiger partial charge in [0, 0.05) is 17.3 Å². The van der Waals surface area contributed by atoms with Crippen molar-refractivity contribution in [2.45, 2.75) is 38.1 Å². The molecule has 0 unspecified atom stereocenters. The normalized spacial score (nSPS) is 18.1. The summed E-state index contributed by atoms with van der Waals surface area (Å²) < 4.78 is 0. The highest BCUT2D eigenvalue weighted by atomic mass is 14.9. The fourth-order valence-corrected chi connectivity index (χ4v) is 1.50. The first-order chi connectivity index (χ1) is 6.59. The molecule has 4 N–H and O–H groups in total. The number of nitrogens with zero attached hydrogens (tertiary/aromatic N) is 2. The van der Waals surface area contributed by atoms with E-state index in [-0.39, 0.29) is 5.54 Å². The third kappa shape index (κ3) is 2.01. The molecule has 14 heavy (non-hydrogen) atoms. The van der Waals surface area contributed by atoms with Crippen molar-refractivity contribution in [2.75, 3.05) is 5.73 Å². The fraction of sp³-hybridized carbons (Fsp3) is 0.600. The molecule has 1 aliphatic rings. The summed E-state index contributed by atoms with van der Waals surface area (Å²) in [5.74, 6) is 1.32. The van der Waals surface area contributed by atoms with Crippen molar-refractivity contribution in [3.05, 3.63) is 17.6 Å². The first-order valence-corrected chi connectivity index (χ1v) is 4.96. The van der Waals surface area contributed by atoms with Gasteiger partial charge < -0.3 is 11.5 Å². The lowest BCUT2D eigenvalue weighted by Gasteiger charge is -2.09. The molecule has 0 atom stereocenters. The molecule has 0 aliphatic heterocycles. The van der Waals surface area contributed by atoms with Gasteiger partial charge in [-0.2, -0.15) is 0 Å². The van der Waals surface area contributed by atoms with E-state index in [1.807, 2.05) is 13.1 Å². The Morgan fingerprint density at radius 3 is 2.79 bits per heavy atom. The van der Waals surface area contributed by atoms with Gasteiger partial charge in [-0.05, 0) is 32.6 Å². The quantitative estimate of drug-likeness (QED) is 0.742. The van der Waals surface area contributed by atoms with Crippen molar-refractivity contribution in [1.29, 1.82) is 0 Å². The highest BCUT2D eigenvalue weighted by Gasteiger charge is 2.37. The number of aryl methyl sites for hydroxylation is 2. The van der Waals surface area contributed by atoms with Crippen LogP contribution < -0.4 is 11.5 Å². The molecule has 0 saturated heterocycles. The molecule has 0 amide bonds. The second-order valence-electron chi connectivity index (χ2n) is 4.19. The van der Waals surface area contributed by atoms with Gasteiger partial charge in [0.1, 0.15) is 11.6 Å². The number of anilines is 1. The summed E-state index contributed by atoms with van der Waals surface area (Å²) in [7, 11) is 0. The Kier molecular flexibility index (Phi) is 2.15. The molecule has 1 saturated carbocycles. The minimum atomic E-state index is 0.0807. The maximum Gasteiger partial charge on any atom is 0.130 e. The van der Waals surface area contributed by atoms with Crippen molar-refractivity contribution in [1.82, 2.24) is 9.97 Å². The number of nitrogens with two attached hydrogens (primary N) is 2. The Hall–Kier alpha value is -1.16. The Labute approximate surface area is 83.7 Å². The average Bonchev–Trinajstić information content (AvgIpc) is 2.83. The van der Waals surface area contributed by atoms with Crippen LogP contribution in [0.3, 0.4) is 0 Å². The maximum absolute atomic E-state index is 5.99. The van der Waals surface area contributed by atoms with E-state index in [1.54, 1.807) is 0 Å². The summed E-state index contributed by atoms with van der Waals surface area (Å²) >= 11 is 0. The number of hydrogen-bond acceptors (Lipinski definition) is 4. The van der Waals surface area contributed by atoms with Gasteiger partial charge in [0.05, 0.1) is 0 Å². The van der Waals surface area contributed by atoms with Crippen LogP contribution in [0.2, 0.25) is 0 Å². The van der Waals surface area contributed by atoms with Crippen LogP contribution >= 0.6 is 0 Å². The van der Waals surface area contributed by atoms with E-state index in [4.69, 9.17) is 11.5 Å². The highest BCUT2D eigenvalue weighted by molar-refractivity contribution is 5.37. The van der Waals surface area contributed by atoms with Crippen LogP contribution in [0, 0.1) is 6.92 Å². The minimum Gasteiger partial charge on any atom is -0.383 e. The zero-order chi connectivity index (χ0) is 10.2. The lowest BCUT2D eigenvalue weighted by atomic mass is 10.1. The van der Waals surface area contributed by atoms with Crippen molar-refractivity contribution >= 4 is 5.82 Å². The standard InChI is InChI=1S/C10H16N4/c1-7-13-6-8(9(11)14-7)2-3-10(12)4-5-10/h6H,2-5,12H2,1H3,(H2,11,13,14). The summed E-state index contributed by atoms with van der Waals surface area (Å²) in [4.78, 5) is 8.25. The Balaban J connectivity index is 2.02. The average molecular weight is 192 g/mol. The highest BCUT2D eigenvalue weighted by Crippen LogP contribution is 2.36. The molecule has 0 bridgehead atoms. The van der Waals surface area contributed by atoms with Gasteiger partial charge in [-0.1, -0.05) is 0 Å². The van der Waals surface area contributed by atoms with Crippen LogP contribution in [-0.4, -0.2) is 15.5 Å². The molecule has 1 aromatic heterocycles. The van der Waals surface area contributed by atoms with Crippen LogP contribution in [0.5, 0.6) is 0 Å². The van der Waals surface area contributed by atoms with Crippen molar-refractivity contribution in [3.8, 4) is 0 Å². The molecule has 2 rings (SSSR count). The Morgan fingerprint density at radius 2 is 2.21 bits per heavy atom.